The highest BCUT2D eigenvalue weighted by molar-refractivity contribution is 9.10. The molecular weight excluding hydrogens is 379 g/mol. The van der Waals surface area contributed by atoms with Crippen molar-refractivity contribution in [1.82, 2.24) is 4.72 Å². The van der Waals surface area contributed by atoms with E-state index in [1.165, 1.54) is 6.07 Å². The van der Waals surface area contributed by atoms with Crippen molar-refractivity contribution < 1.29 is 12.8 Å². The van der Waals surface area contributed by atoms with Gasteiger partial charge in [0.1, 0.15) is 10.7 Å². The Bertz CT molecular complexity index is 631. The molecule has 0 radical (unpaired) electrons. The Kier molecular flexibility index (Phi) is 5.23. The Morgan fingerprint density at radius 2 is 2.05 bits per heavy atom. The zero-order chi connectivity index (χ0) is 15.7. The number of sulfonamides is 1. The highest BCUT2D eigenvalue weighted by atomic mass is 79.9. The molecule has 118 valence electrons. The zero-order valence-electron chi connectivity index (χ0n) is 11.7. The van der Waals surface area contributed by atoms with Gasteiger partial charge in [-0.25, -0.2) is 17.5 Å². The number of nitrogen functional groups attached to an aromatic ring is 1. The SMILES string of the molecule is CSC1(CNS(=O)(=O)c2cc(Br)c(F)cc2N)CCCC1. The predicted octanol–water partition coefficient (Wildman–Crippen LogP) is 3.12. The second-order valence-corrected chi connectivity index (χ2v) is 9.09. The number of benzene rings is 1. The predicted molar refractivity (Wildman–Crippen MR) is 88.4 cm³/mol. The van der Waals surface area contributed by atoms with Gasteiger partial charge in [-0.1, -0.05) is 12.8 Å². The summed E-state index contributed by atoms with van der Waals surface area (Å²) in [6, 6.07) is 2.21. The Morgan fingerprint density at radius 3 is 2.62 bits per heavy atom. The second kappa shape index (κ2) is 6.44. The largest absolute Gasteiger partial charge is 0.398 e. The van der Waals surface area contributed by atoms with Gasteiger partial charge in [-0.15, -0.1) is 0 Å². The molecule has 2 rings (SSSR count). The van der Waals surface area contributed by atoms with E-state index < -0.39 is 15.8 Å². The van der Waals surface area contributed by atoms with Crippen molar-refractivity contribution in [3.8, 4) is 0 Å². The van der Waals surface area contributed by atoms with E-state index in [0.717, 1.165) is 31.7 Å². The van der Waals surface area contributed by atoms with Crippen LogP contribution in [0.1, 0.15) is 25.7 Å². The molecule has 1 aliphatic rings. The number of nitrogens with two attached hydrogens (primary N) is 1. The van der Waals surface area contributed by atoms with E-state index in [1.54, 1.807) is 11.8 Å². The Morgan fingerprint density at radius 1 is 1.43 bits per heavy atom. The van der Waals surface area contributed by atoms with E-state index in [1.807, 2.05) is 6.26 Å². The molecular formula is C13H18BrFN2O2S2. The second-order valence-electron chi connectivity index (χ2n) is 5.22. The highest BCUT2D eigenvalue weighted by Crippen LogP contribution is 2.40. The van der Waals surface area contributed by atoms with Crippen LogP contribution in [0.5, 0.6) is 0 Å². The minimum atomic E-state index is -3.75. The minimum absolute atomic E-state index is 0.0426. The lowest BCUT2D eigenvalue weighted by molar-refractivity contribution is 0.551. The smallest absolute Gasteiger partial charge is 0.242 e. The number of halogens is 2. The number of hydrogen-bond acceptors (Lipinski definition) is 4. The summed E-state index contributed by atoms with van der Waals surface area (Å²) in [5.74, 6) is -0.581. The van der Waals surface area contributed by atoms with Crippen LogP contribution in [0.3, 0.4) is 0 Å². The summed E-state index contributed by atoms with van der Waals surface area (Å²) in [6.07, 6.45) is 6.24. The first-order chi connectivity index (χ1) is 9.80. The lowest BCUT2D eigenvalue weighted by Crippen LogP contribution is -2.38. The van der Waals surface area contributed by atoms with Crippen molar-refractivity contribution in [3.05, 3.63) is 22.4 Å². The maximum absolute atomic E-state index is 13.3. The average molecular weight is 397 g/mol. The third kappa shape index (κ3) is 3.72. The molecule has 1 fully saturated rings. The summed E-state index contributed by atoms with van der Waals surface area (Å²) in [4.78, 5) is -0.0926. The number of nitrogens with one attached hydrogen (secondary N) is 1. The monoisotopic (exact) mass is 396 g/mol. The average Bonchev–Trinajstić information content (AvgIpc) is 2.90. The Balaban J connectivity index is 2.21. The molecule has 1 saturated carbocycles. The van der Waals surface area contributed by atoms with Crippen molar-refractivity contribution >= 4 is 43.4 Å². The van der Waals surface area contributed by atoms with Crippen LogP contribution in [0.2, 0.25) is 0 Å². The van der Waals surface area contributed by atoms with Crippen molar-refractivity contribution in [2.75, 3.05) is 18.5 Å². The molecule has 0 saturated heterocycles. The summed E-state index contributed by atoms with van der Waals surface area (Å²) in [5.41, 5.74) is 5.55. The van der Waals surface area contributed by atoms with E-state index in [2.05, 4.69) is 20.7 Å². The molecule has 0 amide bonds. The maximum atomic E-state index is 13.3. The molecule has 0 unspecified atom stereocenters. The molecule has 3 N–H and O–H groups in total. The summed E-state index contributed by atoms with van der Waals surface area (Å²) < 4.78 is 40.8. The first-order valence-corrected chi connectivity index (χ1v) is 10.1. The van der Waals surface area contributed by atoms with Crippen LogP contribution in [-0.2, 0) is 10.0 Å². The van der Waals surface area contributed by atoms with E-state index in [9.17, 15) is 12.8 Å². The molecule has 1 aliphatic carbocycles. The van der Waals surface area contributed by atoms with Gasteiger partial charge in [0.05, 0.1) is 10.2 Å². The van der Waals surface area contributed by atoms with E-state index in [0.29, 0.717) is 6.54 Å². The molecule has 8 heteroatoms. The van der Waals surface area contributed by atoms with E-state index >= 15 is 0 Å². The van der Waals surface area contributed by atoms with Gasteiger partial charge in [-0.3, -0.25) is 0 Å². The quantitative estimate of drug-likeness (QED) is 0.749. The lowest BCUT2D eigenvalue weighted by Gasteiger charge is -2.27. The van der Waals surface area contributed by atoms with Crippen LogP contribution >= 0.6 is 27.7 Å². The maximum Gasteiger partial charge on any atom is 0.242 e. The molecule has 0 aliphatic heterocycles. The van der Waals surface area contributed by atoms with Gasteiger partial charge in [0.25, 0.3) is 0 Å². The van der Waals surface area contributed by atoms with Crippen molar-refractivity contribution in [1.29, 1.82) is 0 Å². The fourth-order valence-corrected chi connectivity index (χ4v) is 5.32. The minimum Gasteiger partial charge on any atom is -0.398 e. The first kappa shape index (κ1) is 17.1. The Labute approximate surface area is 137 Å². The lowest BCUT2D eigenvalue weighted by atomic mass is 10.1. The third-order valence-corrected chi connectivity index (χ3v) is 7.36. The molecule has 4 nitrogen and oxygen atoms in total. The van der Waals surface area contributed by atoms with Gasteiger partial charge in [0.15, 0.2) is 0 Å². The van der Waals surface area contributed by atoms with Crippen LogP contribution in [0.25, 0.3) is 0 Å². The van der Waals surface area contributed by atoms with Crippen molar-refractivity contribution in [3.63, 3.8) is 0 Å². The summed E-state index contributed by atoms with van der Waals surface area (Å²) in [5, 5.41) is 0. The van der Waals surface area contributed by atoms with Gasteiger partial charge >= 0.3 is 0 Å². The molecule has 0 atom stereocenters. The van der Waals surface area contributed by atoms with Gasteiger partial charge in [0, 0.05) is 11.3 Å². The standard InChI is InChI=1S/C13H18BrFN2O2S2/c1-20-13(4-2-3-5-13)8-17-21(18,19)12-6-9(14)10(15)7-11(12)16/h6-7,17H,2-5,8,16H2,1H3. The number of thioether (sulfide) groups is 1. The highest BCUT2D eigenvalue weighted by Gasteiger charge is 2.34. The normalized spacial score (nSPS) is 18.0. The first-order valence-electron chi connectivity index (χ1n) is 6.59. The summed E-state index contributed by atoms with van der Waals surface area (Å²) >= 11 is 4.69. The summed E-state index contributed by atoms with van der Waals surface area (Å²) in [6.45, 7) is 0.366. The van der Waals surface area contributed by atoms with Crippen molar-refractivity contribution in [2.45, 2.75) is 35.3 Å². The van der Waals surface area contributed by atoms with Crippen molar-refractivity contribution in [2.24, 2.45) is 0 Å². The van der Waals surface area contributed by atoms with Gasteiger partial charge in [0.2, 0.25) is 10.0 Å². The molecule has 0 aromatic heterocycles. The molecule has 0 spiro atoms. The van der Waals surface area contributed by atoms with E-state index in [4.69, 9.17) is 5.73 Å². The molecule has 1 aromatic carbocycles. The van der Waals surface area contributed by atoms with Crippen LogP contribution in [0.4, 0.5) is 10.1 Å². The fourth-order valence-electron chi connectivity index (χ4n) is 2.55. The zero-order valence-corrected chi connectivity index (χ0v) is 14.9. The van der Waals surface area contributed by atoms with Gasteiger partial charge in [-0.2, -0.15) is 11.8 Å². The summed E-state index contributed by atoms with van der Waals surface area (Å²) in [7, 11) is -3.75. The van der Waals surface area contributed by atoms with Gasteiger partial charge in [-0.05, 0) is 47.2 Å². The topological polar surface area (TPSA) is 72.2 Å². The van der Waals surface area contributed by atoms with Crippen LogP contribution in [0, 0.1) is 5.82 Å². The van der Waals surface area contributed by atoms with Crippen LogP contribution < -0.4 is 10.5 Å². The molecule has 21 heavy (non-hydrogen) atoms. The number of rotatable bonds is 5. The van der Waals surface area contributed by atoms with Crippen LogP contribution in [-0.4, -0.2) is 26.0 Å². The molecule has 1 aromatic rings. The van der Waals surface area contributed by atoms with E-state index in [-0.39, 0.29) is 19.8 Å². The number of hydrogen-bond donors (Lipinski definition) is 2. The van der Waals surface area contributed by atoms with Gasteiger partial charge < -0.3 is 5.73 Å². The molecule has 0 heterocycles. The Hall–Kier alpha value is -0.310. The van der Waals surface area contributed by atoms with Crippen LogP contribution in [0.15, 0.2) is 21.5 Å². The molecule has 0 bridgehead atoms. The number of anilines is 1. The fraction of sp³-hybridized carbons (Fsp3) is 0.538. The third-order valence-electron chi connectivity index (χ3n) is 3.87.